The maximum atomic E-state index is 12.0. The number of carbonyl (C=O) groups excluding carboxylic acids is 1. The van der Waals surface area contributed by atoms with Crippen molar-refractivity contribution in [2.75, 3.05) is 26.7 Å². The highest BCUT2D eigenvalue weighted by molar-refractivity contribution is 7.90. The third-order valence-corrected chi connectivity index (χ3v) is 5.35. The molecule has 6 nitrogen and oxygen atoms in total. The lowest BCUT2D eigenvalue weighted by molar-refractivity contribution is -0.132. The zero-order valence-corrected chi connectivity index (χ0v) is 10.8. The van der Waals surface area contributed by atoms with Crippen LogP contribution in [0.4, 0.5) is 0 Å². The molecule has 2 aliphatic rings. The van der Waals surface area contributed by atoms with Gasteiger partial charge in [0.25, 0.3) is 0 Å². The Morgan fingerprint density at radius 2 is 2.18 bits per heavy atom. The van der Waals surface area contributed by atoms with E-state index in [-0.39, 0.29) is 17.2 Å². The Morgan fingerprint density at radius 1 is 1.41 bits per heavy atom. The Hall–Kier alpha value is -0.660. The van der Waals surface area contributed by atoms with E-state index < -0.39 is 10.0 Å². The third-order valence-electron chi connectivity index (χ3n) is 3.41. The van der Waals surface area contributed by atoms with E-state index in [4.69, 9.17) is 0 Å². The third kappa shape index (κ3) is 2.97. The highest BCUT2D eigenvalue weighted by Gasteiger charge is 2.32. The molecule has 2 N–H and O–H groups in total. The molecule has 2 fully saturated rings. The van der Waals surface area contributed by atoms with E-state index in [1.807, 2.05) is 0 Å². The summed E-state index contributed by atoms with van der Waals surface area (Å²) in [5.41, 5.74) is 0. The maximum absolute atomic E-state index is 12.0. The van der Waals surface area contributed by atoms with Gasteiger partial charge in [-0.05, 0) is 19.4 Å². The first-order chi connectivity index (χ1) is 7.99. The van der Waals surface area contributed by atoms with Crippen molar-refractivity contribution in [2.45, 2.75) is 30.6 Å². The summed E-state index contributed by atoms with van der Waals surface area (Å²) in [5.74, 6) is 0.0861. The van der Waals surface area contributed by atoms with E-state index in [0.29, 0.717) is 32.4 Å². The minimum absolute atomic E-state index is 0.0861. The number of hydrogen-bond donors (Lipinski definition) is 2. The molecule has 0 aromatic carbocycles. The average Bonchev–Trinajstić information content (AvgIpc) is 2.77. The van der Waals surface area contributed by atoms with Crippen LogP contribution in [0.2, 0.25) is 0 Å². The topological polar surface area (TPSA) is 78.5 Å². The van der Waals surface area contributed by atoms with Crippen LogP contribution in [-0.4, -0.2) is 57.2 Å². The van der Waals surface area contributed by atoms with Crippen LogP contribution >= 0.6 is 0 Å². The number of likely N-dealkylation sites (tertiary alicyclic amines) is 1. The molecule has 2 unspecified atom stereocenters. The second kappa shape index (κ2) is 4.91. The summed E-state index contributed by atoms with van der Waals surface area (Å²) >= 11 is 0. The Balaban J connectivity index is 1.94. The van der Waals surface area contributed by atoms with Crippen LogP contribution in [0.3, 0.4) is 0 Å². The van der Waals surface area contributed by atoms with E-state index >= 15 is 0 Å². The first kappa shape index (κ1) is 12.8. The highest BCUT2D eigenvalue weighted by atomic mass is 32.2. The molecule has 7 heteroatoms. The van der Waals surface area contributed by atoms with Gasteiger partial charge in [-0.25, -0.2) is 13.1 Å². The smallest absolute Gasteiger partial charge is 0.222 e. The molecule has 0 saturated carbocycles. The summed E-state index contributed by atoms with van der Waals surface area (Å²) < 4.78 is 26.8. The minimum Gasteiger partial charge on any atom is -0.344 e. The Morgan fingerprint density at radius 3 is 2.76 bits per heavy atom. The number of carbonyl (C=O) groups is 1. The fourth-order valence-corrected chi connectivity index (χ4v) is 3.94. The molecule has 2 saturated heterocycles. The quantitative estimate of drug-likeness (QED) is 0.675. The Bertz CT molecular complexity index is 390. The van der Waals surface area contributed by atoms with Gasteiger partial charge >= 0.3 is 0 Å². The number of piperidine rings is 1. The summed E-state index contributed by atoms with van der Waals surface area (Å²) in [7, 11) is -1.54. The summed E-state index contributed by atoms with van der Waals surface area (Å²) in [4.78, 5) is 12.9. The van der Waals surface area contributed by atoms with Crippen LogP contribution in [0.1, 0.15) is 19.3 Å². The van der Waals surface area contributed by atoms with Gasteiger partial charge < -0.3 is 10.2 Å². The maximum Gasteiger partial charge on any atom is 0.222 e. The molecule has 2 rings (SSSR count). The van der Waals surface area contributed by atoms with E-state index in [1.54, 1.807) is 11.9 Å². The number of amides is 1. The second-order valence-electron chi connectivity index (χ2n) is 4.79. The number of nitrogens with zero attached hydrogens (tertiary/aromatic N) is 1. The van der Waals surface area contributed by atoms with Gasteiger partial charge in [0.15, 0.2) is 0 Å². The lowest BCUT2D eigenvalue weighted by atomic mass is 10.1. The van der Waals surface area contributed by atoms with E-state index in [1.165, 1.54) is 0 Å². The molecule has 1 amide bonds. The fraction of sp³-hybridized carbons (Fsp3) is 0.900. The van der Waals surface area contributed by atoms with Crippen molar-refractivity contribution in [3.05, 3.63) is 0 Å². The SMILES string of the molecule is CN1CC(NS(=O)(=O)C2CCNC2)CCC1=O. The van der Waals surface area contributed by atoms with Crippen molar-refractivity contribution in [2.24, 2.45) is 0 Å². The standard InChI is InChI=1S/C10H19N3O3S/c1-13-7-8(2-3-10(13)14)12-17(15,16)9-4-5-11-6-9/h8-9,11-12H,2-7H2,1H3. The van der Waals surface area contributed by atoms with Gasteiger partial charge in [-0.15, -0.1) is 0 Å². The average molecular weight is 261 g/mol. The number of hydrogen-bond acceptors (Lipinski definition) is 4. The molecular formula is C10H19N3O3S. The normalized spacial score (nSPS) is 30.9. The molecule has 98 valence electrons. The van der Waals surface area contributed by atoms with Gasteiger partial charge in [-0.3, -0.25) is 4.79 Å². The number of sulfonamides is 1. The summed E-state index contributed by atoms with van der Waals surface area (Å²) in [6.45, 7) is 1.75. The lowest BCUT2D eigenvalue weighted by Crippen LogP contribution is -2.50. The highest BCUT2D eigenvalue weighted by Crippen LogP contribution is 2.14. The zero-order valence-electron chi connectivity index (χ0n) is 9.98. The first-order valence-corrected chi connectivity index (χ1v) is 7.49. The van der Waals surface area contributed by atoms with Crippen molar-refractivity contribution in [3.63, 3.8) is 0 Å². The van der Waals surface area contributed by atoms with Crippen molar-refractivity contribution >= 4 is 15.9 Å². The monoisotopic (exact) mass is 261 g/mol. The molecule has 0 spiro atoms. The van der Waals surface area contributed by atoms with E-state index in [0.717, 1.165) is 6.54 Å². The predicted octanol–water partition coefficient (Wildman–Crippen LogP) is -1.11. The van der Waals surface area contributed by atoms with E-state index in [9.17, 15) is 13.2 Å². The molecule has 0 radical (unpaired) electrons. The fourth-order valence-electron chi connectivity index (χ4n) is 2.33. The largest absolute Gasteiger partial charge is 0.344 e. The summed E-state index contributed by atoms with van der Waals surface area (Å²) in [6, 6.07) is -0.136. The lowest BCUT2D eigenvalue weighted by Gasteiger charge is -2.30. The van der Waals surface area contributed by atoms with Crippen LogP contribution in [0, 0.1) is 0 Å². The second-order valence-corrected chi connectivity index (χ2v) is 6.78. The van der Waals surface area contributed by atoms with E-state index in [2.05, 4.69) is 10.0 Å². The molecule has 2 aliphatic heterocycles. The van der Waals surface area contributed by atoms with Gasteiger partial charge in [0.05, 0.1) is 5.25 Å². The molecule has 2 heterocycles. The molecule has 0 bridgehead atoms. The van der Waals surface area contributed by atoms with Gasteiger partial charge in [-0.1, -0.05) is 0 Å². The zero-order chi connectivity index (χ0) is 12.5. The minimum atomic E-state index is -3.25. The van der Waals surface area contributed by atoms with Crippen molar-refractivity contribution in [1.82, 2.24) is 14.9 Å². The molecule has 0 aromatic heterocycles. The van der Waals surface area contributed by atoms with Crippen LogP contribution in [0.5, 0.6) is 0 Å². The van der Waals surface area contributed by atoms with Crippen molar-refractivity contribution in [3.8, 4) is 0 Å². The predicted molar refractivity (Wildman–Crippen MR) is 64.0 cm³/mol. The van der Waals surface area contributed by atoms with Crippen molar-refractivity contribution < 1.29 is 13.2 Å². The first-order valence-electron chi connectivity index (χ1n) is 5.95. The van der Waals surface area contributed by atoms with Gasteiger partial charge in [-0.2, -0.15) is 0 Å². The van der Waals surface area contributed by atoms with Crippen LogP contribution < -0.4 is 10.0 Å². The van der Waals surface area contributed by atoms with Crippen molar-refractivity contribution in [1.29, 1.82) is 0 Å². The molecule has 2 atom stereocenters. The van der Waals surface area contributed by atoms with Gasteiger partial charge in [0.1, 0.15) is 0 Å². The summed E-state index contributed by atoms with van der Waals surface area (Å²) in [5, 5.41) is 2.72. The summed E-state index contributed by atoms with van der Waals surface area (Å²) in [6.07, 6.45) is 1.69. The van der Waals surface area contributed by atoms with Crippen LogP contribution in [0.15, 0.2) is 0 Å². The number of nitrogens with one attached hydrogen (secondary N) is 2. The number of likely N-dealkylation sites (N-methyl/N-ethyl adjacent to an activating group) is 1. The number of rotatable bonds is 3. The molecule has 17 heavy (non-hydrogen) atoms. The van der Waals surface area contributed by atoms with Gasteiger partial charge in [0, 0.05) is 32.6 Å². The molecular weight excluding hydrogens is 242 g/mol. The van der Waals surface area contributed by atoms with Crippen LogP contribution in [-0.2, 0) is 14.8 Å². The Kier molecular flexibility index (Phi) is 3.70. The Labute approximate surface area is 102 Å². The molecule has 0 aromatic rings. The molecule has 0 aliphatic carbocycles. The van der Waals surface area contributed by atoms with Crippen LogP contribution in [0.25, 0.3) is 0 Å². The van der Waals surface area contributed by atoms with Gasteiger partial charge in [0.2, 0.25) is 15.9 Å².